The Bertz CT molecular complexity index is 1360. The molecule has 5 rings (SSSR count). The summed E-state index contributed by atoms with van der Waals surface area (Å²) in [6.07, 6.45) is 6.18. The van der Waals surface area contributed by atoms with Crippen molar-refractivity contribution in [3.8, 4) is 33.5 Å². The molecule has 5 aromatic rings. The number of aromatic amines is 1. The fourth-order valence-corrected chi connectivity index (χ4v) is 4.06. The van der Waals surface area contributed by atoms with Crippen molar-refractivity contribution in [2.75, 3.05) is 0 Å². The number of Topliss-reactive ketones (excluding diaryl/α,β-unsaturated/α-hetero) is 1. The van der Waals surface area contributed by atoms with E-state index in [2.05, 4.69) is 45.5 Å². The number of pyridine rings is 1. The van der Waals surface area contributed by atoms with Crippen molar-refractivity contribution in [3.05, 3.63) is 121 Å². The van der Waals surface area contributed by atoms with E-state index in [0.717, 1.165) is 39.1 Å². The molecule has 0 aliphatic heterocycles. The van der Waals surface area contributed by atoms with E-state index in [9.17, 15) is 4.79 Å². The van der Waals surface area contributed by atoms with Crippen LogP contribution >= 0.6 is 0 Å². The Morgan fingerprint density at radius 1 is 0.667 bits per heavy atom. The molecule has 0 bridgehead atoms. The number of hydrogen-bond donors (Lipinski definition) is 1. The fraction of sp³-hybridized carbons (Fsp3) is 0.0690. The molecule has 0 unspecified atom stereocenters. The van der Waals surface area contributed by atoms with Crippen molar-refractivity contribution in [3.63, 3.8) is 0 Å². The van der Waals surface area contributed by atoms with Crippen LogP contribution in [0.5, 0.6) is 0 Å². The average Bonchev–Trinajstić information content (AvgIpc) is 3.36. The van der Waals surface area contributed by atoms with Crippen molar-refractivity contribution >= 4 is 5.78 Å². The monoisotopic (exact) mass is 429 g/mol. The molecule has 0 fully saturated rings. The van der Waals surface area contributed by atoms with E-state index in [1.807, 2.05) is 66.9 Å². The van der Waals surface area contributed by atoms with Gasteiger partial charge in [0.2, 0.25) is 0 Å². The van der Waals surface area contributed by atoms with Gasteiger partial charge in [-0.15, -0.1) is 0 Å². The van der Waals surface area contributed by atoms with Crippen molar-refractivity contribution in [1.82, 2.24) is 15.2 Å². The molecule has 0 saturated carbocycles. The largest absolute Gasteiger partial charge is 0.299 e. The van der Waals surface area contributed by atoms with Gasteiger partial charge in [-0.2, -0.15) is 5.10 Å². The molecule has 0 spiro atoms. The zero-order chi connectivity index (χ0) is 22.5. The van der Waals surface area contributed by atoms with Gasteiger partial charge in [0, 0.05) is 36.4 Å². The highest BCUT2D eigenvalue weighted by molar-refractivity contribution is 5.85. The first-order chi connectivity index (χ1) is 16.3. The highest BCUT2D eigenvalue weighted by atomic mass is 16.1. The molecule has 3 aromatic carbocycles. The summed E-state index contributed by atoms with van der Waals surface area (Å²) in [4.78, 5) is 16.9. The van der Waals surface area contributed by atoms with Gasteiger partial charge in [0.15, 0.2) is 0 Å². The number of nitrogens with zero attached hydrogens (tertiary/aromatic N) is 2. The minimum absolute atomic E-state index is 0.193. The topological polar surface area (TPSA) is 58.6 Å². The summed E-state index contributed by atoms with van der Waals surface area (Å²) in [5, 5.41) is 7.34. The summed E-state index contributed by atoms with van der Waals surface area (Å²) in [5.74, 6) is 0.193. The van der Waals surface area contributed by atoms with Gasteiger partial charge >= 0.3 is 0 Å². The molecule has 2 heterocycles. The number of hydrogen-bond acceptors (Lipinski definition) is 3. The molecular weight excluding hydrogens is 406 g/mol. The van der Waals surface area contributed by atoms with Crippen molar-refractivity contribution in [1.29, 1.82) is 0 Å². The molecule has 4 nitrogen and oxygen atoms in total. The minimum atomic E-state index is 0.193. The van der Waals surface area contributed by atoms with Gasteiger partial charge in [-0.05, 0) is 46.0 Å². The van der Waals surface area contributed by atoms with Gasteiger partial charge in [-0.1, -0.05) is 72.8 Å². The SMILES string of the molecule is O=C(Cc1ccc(-c2ccccc2)cc1)Cc1cccc(-c2[nH]ncc2-c2ccncc2)c1. The second kappa shape index (κ2) is 9.45. The number of benzene rings is 3. The third kappa shape index (κ3) is 4.80. The van der Waals surface area contributed by atoms with Crippen LogP contribution in [0.2, 0.25) is 0 Å². The van der Waals surface area contributed by atoms with Crippen LogP contribution in [-0.2, 0) is 17.6 Å². The minimum Gasteiger partial charge on any atom is -0.299 e. The molecule has 2 aromatic heterocycles. The van der Waals surface area contributed by atoms with Gasteiger partial charge in [0.25, 0.3) is 0 Å². The summed E-state index contributed by atoms with van der Waals surface area (Å²) >= 11 is 0. The maximum absolute atomic E-state index is 12.8. The Balaban J connectivity index is 1.29. The van der Waals surface area contributed by atoms with Crippen LogP contribution in [0, 0.1) is 0 Å². The van der Waals surface area contributed by atoms with Crippen LogP contribution in [0.1, 0.15) is 11.1 Å². The number of nitrogens with one attached hydrogen (secondary N) is 1. The standard InChI is InChI=1S/C29H23N3O/c33-27(18-21-9-11-24(12-10-21)23-6-2-1-3-7-23)19-22-5-4-8-26(17-22)29-28(20-31-32-29)25-13-15-30-16-14-25/h1-17,20H,18-19H2,(H,31,32). The van der Waals surface area contributed by atoms with E-state index >= 15 is 0 Å². The van der Waals surface area contributed by atoms with Crippen LogP contribution in [-0.4, -0.2) is 21.0 Å². The molecule has 33 heavy (non-hydrogen) atoms. The van der Waals surface area contributed by atoms with E-state index < -0.39 is 0 Å². The first-order valence-corrected chi connectivity index (χ1v) is 11.0. The first-order valence-electron chi connectivity index (χ1n) is 11.0. The average molecular weight is 430 g/mol. The molecule has 4 heteroatoms. The normalized spacial score (nSPS) is 10.8. The number of H-pyrrole nitrogens is 1. The van der Waals surface area contributed by atoms with Crippen LogP contribution in [0.25, 0.3) is 33.5 Å². The van der Waals surface area contributed by atoms with Crippen LogP contribution in [0.3, 0.4) is 0 Å². The summed E-state index contributed by atoms with van der Waals surface area (Å²) in [6.45, 7) is 0. The lowest BCUT2D eigenvalue weighted by Gasteiger charge is -2.07. The Morgan fingerprint density at radius 2 is 1.36 bits per heavy atom. The Hall–Kier alpha value is -4.31. The predicted octanol–water partition coefficient (Wildman–Crippen LogP) is 6.16. The molecule has 0 saturated heterocycles. The van der Waals surface area contributed by atoms with Gasteiger partial charge in [-0.3, -0.25) is 14.9 Å². The fourth-order valence-electron chi connectivity index (χ4n) is 4.06. The van der Waals surface area contributed by atoms with E-state index in [-0.39, 0.29) is 5.78 Å². The van der Waals surface area contributed by atoms with Crippen LogP contribution in [0.4, 0.5) is 0 Å². The van der Waals surface area contributed by atoms with E-state index in [0.29, 0.717) is 12.8 Å². The van der Waals surface area contributed by atoms with Gasteiger partial charge < -0.3 is 0 Å². The molecule has 0 aliphatic rings. The van der Waals surface area contributed by atoms with E-state index in [4.69, 9.17) is 0 Å². The Morgan fingerprint density at radius 3 is 2.15 bits per heavy atom. The van der Waals surface area contributed by atoms with Crippen molar-refractivity contribution in [2.24, 2.45) is 0 Å². The molecule has 0 radical (unpaired) electrons. The summed E-state index contributed by atoms with van der Waals surface area (Å²) in [7, 11) is 0. The number of aromatic nitrogens is 3. The maximum atomic E-state index is 12.8. The Labute approximate surface area is 193 Å². The number of ketones is 1. The second-order valence-electron chi connectivity index (χ2n) is 8.05. The number of carbonyl (C=O) groups is 1. The lowest BCUT2D eigenvalue weighted by atomic mass is 9.97. The highest BCUT2D eigenvalue weighted by Gasteiger charge is 2.12. The second-order valence-corrected chi connectivity index (χ2v) is 8.05. The third-order valence-electron chi connectivity index (χ3n) is 5.71. The highest BCUT2D eigenvalue weighted by Crippen LogP contribution is 2.30. The predicted molar refractivity (Wildman–Crippen MR) is 132 cm³/mol. The van der Waals surface area contributed by atoms with Crippen molar-refractivity contribution < 1.29 is 4.79 Å². The van der Waals surface area contributed by atoms with E-state index in [1.54, 1.807) is 12.4 Å². The molecular formula is C29H23N3O. The molecule has 0 amide bonds. The quantitative estimate of drug-likeness (QED) is 0.337. The lowest BCUT2D eigenvalue weighted by molar-refractivity contribution is -0.117. The molecule has 1 N–H and O–H groups in total. The van der Waals surface area contributed by atoms with Crippen molar-refractivity contribution in [2.45, 2.75) is 12.8 Å². The first kappa shape index (κ1) is 20.6. The zero-order valence-corrected chi connectivity index (χ0v) is 18.1. The molecule has 0 aliphatic carbocycles. The van der Waals surface area contributed by atoms with Gasteiger partial charge in [-0.25, -0.2) is 0 Å². The lowest BCUT2D eigenvalue weighted by Crippen LogP contribution is -2.06. The van der Waals surface area contributed by atoms with Gasteiger partial charge in [0.1, 0.15) is 5.78 Å². The summed E-state index contributed by atoms with van der Waals surface area (Å²) in [5.41, 5.74) is 8.37. The van der Waals surface area contributed by atoms with Gasteiger partial charge in [0.05, 0.1) is 11.9 Å². The maximum Gasteiger partial charge on any atom is 0.141 e. The zero-order valence-electron chi connectivity index (χ0n) is 18.1. The number of carbonyl (C=O) groups excluding carboxylic acids is 1. The van der Waals surface area contributed by atoms with E-state index in [1.165, 1.54) is 5.56 Å². The van der Waals surface area contributed by atoms with Crippen LogP contribution < -0.4 is 0 Å². The molecule has 0 atom stereocenters. The summed E-state index contributed by atoms with van der Waals surface area (Å²) in [6, 6.07) is 30.5. The smallest absolute Gasteiger partial charge is 0.141 e. The third-order valence-corrected chi connectivity index (χ3v) is 5.71. The Kier molecular flexibility index (Phi) is 5.89. The molecule has 160 valence electrons. The summed E-state index contributed by atoms with van der Waals surface area (Å²) < 4.78 is 0. The number of rotatable bonds is 7. The van der Waals surface area contributed by atoms with Crippen LogP contribution in [0.15, 0.2) is 110 Å².